The van der Waals surface area contributed by atoms with Crippen molar-refractivity contribution in [1.29, 1.82) is 0 Å². The lowest BCUT2D eigenvalue weighted by molar-refractivity contribution is -0.137. The van der Waals surface area contributed by atoms with Crippen LogP contribution in [-0.4, -0.2) is 28.9 Å². The van der Waals surface area contributed by atoms with Crippen LogP contribution in [0.25, 0.3) is 0 Å². The number of hydrogen-bond acceptors (Lipinski definition) is 4. The predicted octanol–water partition coefficient (Wildman–Crippen LogP) is 3.38. The van der Waals surface area contributed by atoms with Crippen LogP contribution in [0.2, 0.25) is 0 Å². The molecule has 0 saturated heterocycles. The summed E-state index contributed by atoms with van der Waals surface area (Å²) in [7, 11) is 0. The Morgan fingerprint density at radius 2 is 1.78 bits per heavy atom. The molecule has 0 heterocycles. The third-order valence-corrected chi connectivity index (χ3v) is 4.09. The van der Waals surface area contributed by atoms with Crippen molar-refractivity contribution in [1.82, 2.24) is 5.32 Å². The summed E-state index contributed by atoms with van der Waals surface area (Å²) in [6.07, 6.45) is -0.587. The Morgan fingerprint density at radius 1 is 1.07 bits per heavy atom. The van der Waals surface area contributed by atoms with Crippen LogP contribution in [0.15, 0.2) is 54.6 Å². The summed E-state index contributed by atoms with van der Waals surface area (Å²) >= 11 is 0. The molecule has 0 aliphatic carbocycles. The lowest BCUT2D eigenvalue weighted by Gasteiger charge is -2.22. The molecule has 6 heteroatoms. The van der Waals surface area contributed by atoms with E-state index in [1.54, 1.807) is 31.2 Å². The van der Waals surface area contributed by atoms with Crippen molar-refractivity contribution in [2.75, 3.05) is 0 Å². The summed E-state index contributed by atoms with van der Waals surface area (Å²) in [5.74, 6) is -0.944. The smallest absolute Gasteiger partial charge is 0.303 e. The second-order valence-electron chi connectivity index (χ2n) is 6.25. The van der Waals surface area contributed by atoms with Gasteiger partial charge in [0.25, 0.3) is 5.91 Å². The van der Waals surface area contributed by atoms with Crippen molar-refractivity contribution in [2.24, 2.45) is 0 Å². The van der Waals surface area contributed by atoms with E-state index in [-0.39, 0.29) is 24.5 Å². The number of carbonyl (C=O) groups is 3. The van der Waals surface area contributed by atoms with Gasteiger partial charge in [-0.05, 0) is 38.0 Å². The SMILES string of the molecule is CC(=O)c1cccc(OC(C)C(=O)NC(CCC(=O)O)c2ccccc2)c1. The zero-order chi connectivity index (χ0) is 19.8. The number of rotatable bonds is 9. The molecule has 0 aliphatic heterocycles. The fourth-order valence-corrected chi connectivity index (χ4v) is 2.61. The van der Waals surface area contributed by atoms with Crippen molar-refractivity contribution >= 4 is 17.7 Å². The third-order valence-electron chi connectivity index (χ3n) is 4.09. The number of ketones is 1. The second-order valence-corrected chi connectivity index (χ2v) is 6.25. The molecule has 0 fully saturated rings. The molecule has 2 rings (SSSR count). The molecule has 0 saturated carbocycles. The highest BCUT2D eigenvalue weighted by atomic mass is 16.5. The number of Topliss-reactive ketones (excluding diaryl/α,β-unsaturated/α-hetero) is 1. The Hall–Kier alpha value is -3.15. The van der Waals surface area contributed by atoms with Gasteiger partial charge in [-0.3, -0.25) is 14.4 Å². The number of amides is 1. The van der Waals surface area contributed by atoms with Gasteiger partial charge in [0.1, 0.15) is 5.75 Å². The summed E-state index contributed by atoms with van der Waals surface area (Å²) in [6.45, 7) is 3.07. The number of carboxylic acids is 1. The Kier molecular flexibility index (Phi) is 7.11. The molecule has 0 aliphatic rings. The maximum Gasteiger partial charge on any atom is 0.303 e. The van der Waals surface area contributed by atoms with E-state index in [1.165, 1.54) is 6.92 Å². The largest absolute Gasteiger partial charge is 0.481 e. The molecule has 27 heavy (non-hydrogen) atoms. The van der Waals surface area contributed by atoms with Crippen molar-refractivity contribution < 1.29 is 24.2 Å². The minimum atomic E-state index is -0.921. The first-order chi connectivity index (χ1) is 12.9. The molecule has 0 aromatic heterocycles. The van der Waals surface area contributed by atoms with E-state index in [0.717, 1.165) is 5.56 Å². The molecule has 6 nitrogen and oxygen atoms in total. The first kappa shape index (κ1) is 20.2. The van der Waals surface area contributed by atoms with E-state index in [2.05, 4.69) is 5.32 Å². The van der Waals surface area contributed by atoms with Crippen molar-refractivity contribution in [2.45, 2.75) is 38.8 Å². The number of carbonyl (C=O) groups excluding carboxylic acids is 2. The molecule has 142 valence electrons. The van der Waals surface area contributed by atoms with Crippen LogP contribution < -0.4 is 10.1 Å². The van der Waals surface area contributed by atoms with Crippen molar-refractivity contribution in [3.63, 3.8) is 0 Å². The van der Waals surface area contributed by atoms with Crippen LogP contribution in [0, 0.1) is 0 Å². The monoisotopic (exact) mass is 369 g/mol. The number of benzene rings is 2. The van der Waals surface area contributed by atoms with Crippen molar-refractivity contribution in [3.8, 4) is 5.75 Å². The van der Waals surface area contributed by atoms with E-state index in [9.17, 15) is 14.4 Å². The number of ether oxygens (including phenoxy) is 1. The molecule has 2 unspecified atom stereocenters. The normalized spacial score (nSPS) is 12.7. The molecule has 2 aromatic carbocycles. The van der Waals surface area contributed by atoms with Crippen LogP contribution >= 0.6 is 0 Å². The minimum Gasteiger partial charge on any atom is -0.481 e. The first-order valence-corrected chi connectivity index (χ1v) is 8.71. The van der Waals surface area contributed by atoms with Crippen LogP contribution in [-0.2, 0) is 9.59 Å². The number of carboxylic acid groups (broad SMARTS) is 1. The van der Waals surface area contributed by atoms with Gasteiger partial charge < -0.3 is 15.2 Å². The Bertz CT molecular complexity index is 803. The van der Waals surface area contributed by atoms with Crippen molar-refractivity contribution in [3.05, 3.63) is 65.7 Å². The standard InChI is InChI=1S/C21H23NO5/c1-14(23)17-9-6-10-18(13-17)27-15(2)21(26)22-19(11-12-20(24)25)16-7-4-3-5-8-16/h3-10,13,15,19H,11-12H2,1-2H3,(H,22,26)(H,24,25). The summed E-state index contributed by atoms with van der Waals surface area (Å²) < 4.78 is 5.65. The van der Waals surface area contributed by atoms with Gasteiger partial charge in [-0.1, -0.05) is 42.5 Å². The van der Waals surface area contributed by atoms with E-state index < -0.39 is 18.1 Å². The lowest BCUT2D eigenvalue weighted by atomic mass is 10.0. The van der Waals surface area contributed by atoms with Crippen LogP contribution in [0.5, 0.6) is 5.75 Å². The highest BCUT2D eigenvalue weighted by Gasteiger charge is 2.21. The first-order valence-electron chi connectivity index (χ1n) is 8.71. The molecule has 0 bridgehead atoms. The van der Waals surface area contributed by atoms with Gasteiger partial charge in [0, 0.05) is 12.0 Å². The zero-order valence-electron chi connectivity index (χ0n) is 15.3. The molecular formula is C21H23NO5. The van der Waals surface area contributed by atoms with Gasteiger partial charge in [-0.15, -0.1) is 0 Å². The minimum absolute atomic E-state index is 0.0598. The highest BCUT2D eigenvalue weighted by molar-refractivity contribution is 5.94. The van der Waals surface area contributed by atoms with E-state index in [4.69, 9.17) is 9.84 Å². The number of aliphatic carboxylic acids is 1. The lowest BCUT2D eigenvalue weighted by Crippen LogP contribution is -2.38. The Labute approximate surface area is 158 Å². The van der Waals surface area contributed by atoms with Gasteiger partial charge in [-0.2, -0.15) is 0 Å². The number of nitrogens with one attached hydrogen (secondary N) is 1. The summed E-state index contributed by atoms with van der Waals surface area (Å²) in [5, 5.41) is 11.8. The molecule has 0 spiro atoms. The molecular weight excluding hydrogens is 346 g/mol. The molecule has 2 N–H and O–H groups in total. The molecule has 1 amide bonds. The average molecular weight is 369 g/mol. The highest BCUT2D eigenvalue weighted by Crippen LogP contribution is 2.20. The maximum atomic E-state index is 12.5. The molecule has 2 aromatic rings. The average Bonchev–Trinajstić information content (AvgIpc) is 2.65. The van der Waals surface area contributed by atoms with Gasteiger partial charge in [0.15, 0.2) is 11.9 Å². The zero-order valence-corrected chi connectivity index (χ0v) is 15.3. The predicted molar refractivity (Wildman–Crippen MR) is 101 cm³/mol. The molecule has 0 radical (unpaired) electrons. The Morgan fingerprint density at radius 3 is 2.41 bits per heavy atom. The van der Waals surface area contributed by atoms with Crippen LogP contribution in [0.3, 0.4) is 0 Å². The fourth-order valence-electron chi connectivity index (χ4n) is 2.61. The fraction of sp³-hybridized carbons (Fsp3) is 0.286. The van der Waals surface area contributed by atoms with E-state index >= 15 is 0 Å². The van der Waals surface area contributed by atoms with Gasteiger partial charge in [0.05, 0.1) is 6.04 Å². The summed E-state index contributed by atoms with van der Waals surface area (Å²) in [5.41, 5.74) is 1.33. The van der Waals surface area contributed by atoms with Crippen LogP contribution in [0.4, 0.5) is 0 Å². The number of hydrogen-bond donors (Lipinski definition) is 2. The van der Waals surface area contributed by atoms with Crippen LogP contribution in [0.1, 0.15) is 48.7 Å². The van der Waals surface area contributed by atoms with Gasteiger partial charge >= 0.3 is 5.97 Å². The summed E-state index contributed by atoms with van der Waals surface area (Å²) in [6, 6.07) is 15.4. The van der Waals surface area contributed by atoms with E-state index in [1.807, 2.05) is 30.3 Å². The van der Waals surface area contributed by atoms with Gasteiger partial charge in [0.2, 0.25) is 0 Å². The van der Waals surface area contributed by atoms with Gasteiger partial charge in [-0.25, -0.2) is 0 Å². The topological polar surface area (TPSA) is 92.7 Å². The quantitative estimate of drug-likeness (QED) is 0.661. The van der Waals surface area contributed by atoms with E-state index in [0.29, 0.717) is 11.3 Å². The second kappa shape index (κ2) is 9.52. The Balaban J connectivity index is 2.06. The summed E-state index contributed by atoms with van der Waals surface area (Å²) in [4.78, 5) is 34.9. The third kappa shape index (κ3) is 6.26. The molecule has 2 atom stereocenters. The maximum absolute atomic E-state index is 12.5.